The molecule has 0 saturated carbocycles. The molecule has 21 heavy (non-hydrogen) atoms. The molecule has 0 spiro atoms. The average Bonchev–Trinajstić information content (AvgIpc) is 3.03. The number of oxazole rings is 1. The highest BCUT2D eigenvalue weighted by Crippen LogP contribution is 2.17. The number of aromatic nitrogens is 1. The summed E-state index contributed by atoms with van der Waals surface area (Å²) in [7, 11) is 0. The Bertz CT molecular complexity index is 568. The molecular formula is C16H18N2O3. The van der Waals surface area contributed by atoms with Gasteiger partial charge in [0.25, 0.3) is 0 Å². The van der Waals surface area contributed by atoms with Crippen LogP contribution in [-0.2, 0) is 11.3 Å². The van der Waals surface area contributed by atoms with Crippen molar-refractivity contribution in [1.82, 2.24) is 9.88 Å². The number of nitrogens with zero attached hydrogens (tertiary/aromatic N) is 2. The van der Waals surface area contributed by atoms with E-state index >= 15 is 0 Å². The van der Waals surface area contributed by atoms with E-state index in [0.29, 0.717) is 0 Å². The lowest BCUT2D eigenvalue weighted by Gasteiger charge is -2.32. The van der Waals surface area contributed by atoms with Crippen LogP contribution in [0.5, 0.6) is 0 Å². The molecule has 1 saturated heterocycles. The average molecular weight is 286 g/mol. The number of carbonyl (C=O) groups excluding carboxylic acids is 1. The molecule has 5 nitrogen and oxygen atoms in total. The molecule has 0 amide bonds. The van der Waals surface area contributed by atoms with Gasteiger partial charge in [-0.1, -0.05) is 30.3 Å². The molecule has 1 aliphatic rings. The molecule has 0 radical (unpaired) electrons. The summed E-state index contributed by atoms with van der Waals surface area (Å²) < 4.78 is 10.3. The fraction of sp³-hybridized carbons (Fsp3) is 0.375. The number of esters is 1. The van der Waals surface area contributed by atoms with E-state index in [2.05, 4.69) is 22.0 Å². The number of carbonyl (C=O) groups is 1. The van der Waals surface area contributed by atoms with Gasteiger partial charge in [-0.15, -0.1) is 0 Å². The van der Waals surface area contributed by atoms with Crippen molar-refractivity contribution in [3.63, 3.8) is 0 Å². The fourth-order valence-corrected chi connectivity index (χ4v) is 2.62. The van der Waals surface area contributed by atoms with E-state index in [-0.39, 0.29) is 11.8 Å². The number of rotatable bonds is 4. The summed E-state index contributed by atoms with van der Waals surface area (Å²) in [6.45, 7) is 2.68. The van der Waals surface area contributed by atoms with E-state index in [1.54, 1.807) is 0 Å². The molecule has 0 unspecified atom stereocenters. The van der Waals surface area contributed by atoms with Crippen LogP contribution in [0.1, 0.15) is 28.9 Å². The lowest BCUT2D eigenvalue weighted by molar-refractivity contribution is 0.00504. The van der Waals surface area contributed by atoms with E-state index in [9.17, 15) is 4.79 Å². The van der Waals surface area contributed by atoms with Gasteiger partial charge in [-0.05, 0) is 24.9 Å². The molecule has 5 heteroatoms. The van der Waals surface area contributed by atoms with Gasteiger partial charge in [0.1, 0.15) is 12.4 Å². The molecule has 1 aromatic heterocycles. The third kappa shape index (κ3) is 3.70. The van der Waals surface area contributed by atoms with Crippen LogP contribution in [0.4, 0.5) is 0 Å². The molecule has 0 aliphatic carbocycles. The van der Waals surface area contributed by atoms with Crippen molar-refractivity contribution in [3.05, 3.63) is 54.2 Å². The SMILES string of the molecule is O=C(O[C@H]1CCCN(Cc2ccccc2)C1)c1cocn1. The number of ether oxygens (including phenoxy) is 1. The minimum absolute atomic E-state index is 0.0772. The van der Waals surface area contributed by atoms with Crippen LogP contribution in [0.15, 0.2) is 47.4 Å². The molecule has 1 atom stereocenters. The second-order valence-corrected chi connectivity index (χ2v) is 5.26. The van der Waals surface area contributed by atoms with Crippen molar-refractivity contribution >= 4 is 5.97 Å². The van der Waals surface area contributed by atoms with Gasteiger partial charge < -0.3 is 9.15 Å². The van der Waals surface area contributed by atoms with Crippen molar-refractivity contribution in [2.45, 2.75) is 25.5 Å². The Morgan fingerprint density at radius 1 is 1.38 bits per heavy atom. The number of benzene rings is 1. The van der Waals surface area contributed by atoms with E-state index < -0.39 is 5.97 Å². The predicted octanol–water partition coefficient (Wildman–Crippen LogP) is 2.50. The highest BCUT2D eigenvalue weighted by molar-refractivity contribution is 5.86. The van der Waals surface area contributed by atoms with Gasteiger partial charge in [0.05, 0.1) is 0 Å². The Balaban J connectivity index is 1.55. The molecule has 0 bridgehead atoms. The van der Waals surface area contributed by atoms with Crippen LogP contribution in [0.2, 0.25) is 0 Å². The molecule has 1 aromatic carbocycles. The van der Waals surface area contributed by atoms with E-state index in [1.165, 1.54) is 18.2 Å². The van der Waals surface area contributed by atoms with Crippen LogP contribution in [0.3, 0.4) is 0 Å². The van der Waals surface area contributed by atoms with Gasteiger partial charge in [-0.25, -0.2) is 9.78 Å². The summed E-state index contributed by atoms with van der Waals surface area (Å²) in [5.41, 5.74) is 1.51. The smallest absolute Gasteiger partial charge is 0.360 e. The first kappa shape index (κ1) is 13.8. The van der Waals surface area contributed by atoms with Crippen molar-refractivity contribution in [2.24, 2.45) is 0 Å². The number of hydrogen-bond donors (Lipinski definition) is 0. The molecule has 3 rings (SSSR count). The minimum Gasteiger partial charge on any atom is -0.456 e. The Morgan fingerprint density at radius 2 is 2.24 bits per heavy atom. The number of likely N-dealkylation sites (tertiary alicyclic amines) is 1. The first-order valence-corrected chi connectivity index (χ1v) is 7.17. The summed E-state index contributed by atoms with van der Waals surface area (Å²) in [5.74, 6) is -0.407. The lowest BCUT2D eigenvalue weighted by atomic mass is 10.1. The lowest BCUT2D eigenvalue weighted by Crippen LogP contribution is -2.40. The Labute approximate surface area is 123 Å². The van der Waals surface area contributed by atoms with Crippen molar-refractivity contribution in [3.8, 4) is 0 Å². The first-order chi connectivity index (χ1) is 10.3. The number of piperidine rings is 1. The predicted molar refractivity (Wildman–Crippen MR) is 76.7 cm³/mol. The second-order valence-electron chi connectivity index (χ2n) is 5.26. The topological polar surface area (TPSA) is 55.6 Å². The molecule has 1 aliphatic heterocycles. The zero-order valence-electron chi connectivity index (χ0n) is 11.8. The maximum Gasteiger partial charge on any atom is 0.360 e. The molecule has 2 aromatic rings. The van der Waals surface area contributed by atoms with Crippen molar-refractivity contribution in [1.29, 1.82) is 0 Å². The van der Waals surface area contributed by atoms with Crippen LogP contribution in [0, 0.1) is 0 Å². The maximum absolute atomic E-state index is 11.9. The molecule has 0 N–H and O–H groups in total. The summed E-state index contributed by atoms with van der Waals surface area (Å²) in [4.78, 5) is 18.0. The maximum atomic E-state index is 11.9. The van der Waals surface area contributed by atoms with E-state index in [4.69, 9.17) is 9.15 Å². The van der Waals surface area contributed by atoms with Crippen LogP contribution < -0.4 is 0 Å². The molecule has 1 fully saturated rings. The van der Waals surface area contributed by atoms with Crippen LogP contribution in [-0.4, -0.2) is 35.0 Å². The molecule has 2 heterocycles. The van der Waals surface area contributed by atoms with E-state index in [1.807, 2.05) is 18.2 Å². The van der Waals surface area contributed by atoms with Gasteiger partial charge >= 0.3 is 5.97 Å². The summed E-state index contributed by atoms with van der Waals surface area (Å²) >= 11 is 0. The minimum atomic E-state index is -0.407. The quantitative estimate of drug-likeness (QED) is 0.808. The first-order valence-electron chi connectivity index (χ1n) is 7.17. The largest absolute Gasteiger partial charge is 0.456 e. The summed E-state index contributed by atoms with van der Waals surface area (Å²) in [5, 5.41) is 0. The summed E-state index contributed by atoms with van der Waals surface area (Å²) in [6, 6.07) is 10.3. The zero-order valence-corrected chi connectivity index (χ0v) is 11.8. The standard InChI is InChI=1S/C16H18N2O3/c19-16(15-11-20-12-17-15)21-14-7-4-8-18(10-14)9-13-5-2-1-3-6-13/h1-3,5-6,11-12,14H,4,7-10H2/t14-/m0/s1. The highest BCUT2D eigenvalue weighted by Gasteiger charge is 2.24. The highest BCUT2D eigenvalue weighted by atomic mass is 16.5. The van der Waals surface area contributed by atoms with Crippen molar-refractivity contribution < 1.29 is 13.9 Å². The zero-order chi connectivity index (χ0) is 14.5. The van der Waals surface area contributed by atoms with Gasteiger partial charge in [-0.3, -0.25) is 4.90 Å². The van der Waals surface area contributed by atoms with Crippen LogP contribution >= 0.6 is 0 Å². The third-order valence-electron chi connectivity index (χ3n) is 3.63. The Kier molecular flexibility index (Phi) is 4.31. The normalized spacial score (nSPS) is 19.3. The van der Waals surface area contributed by atoms with Gasteiger partial charge in [0, 0.05) is 13.1 Å². The van der Waals surface area contributed by atoms with Crippen molar-refractivity contribution in [2.75, 3.05) is 13.1 Å². The Hall–Kier alpha value is -2.14. The summed E-state index contributed by atoms with van der Waals surface area (Å²) in [6.07, 6.45) is 4.40. The number of hydrogen-bond acceptors (Lipinski definition) is 5. The monoisotopic (exact) mass is 286 g/mol. The van der Waals surface area contributed by atoms with Crippen LogP contribution in [0.25, 0.3) is 0 Å². The second kappa shape index (κ2) is 6.54. The molecule has 110 valence electrons. The molecular weight excluding hydrogens is 268 g/mol. The van der Waals surface area contributed by atoms with Gasteiger partial charge in [-0.2, -0.15) is 0 Å². The third-order valence-corrected chi connectivity index (χ3v) is 3.63. The fourth-order valence-electron chi connectivity index (χ4n) is 2.62. The van der Waals surface area contributed by atoms with E-state index in [0.717, 1.165) is 32.5 Å². The Morgan fingerprint density at radius 3 is 3.00 bits per heavy atom. The van der Waals surface area contributed by atoms with Gasteiger partial charge in [0.15, 0.2) is 12.1 Å². The van der Waals surface area contributed by atoms with Gasteiger partial charge in [0.2, 0.25) is 0 Å².